The Balaban J connectivity index is 1.66. The van der Waals surface area contributed by atoms with Crippen LogP contribution in [0.25, 0.3) is 0 Å². The Morgan fingerprint density at radius 3 is 2.52 bits per heavy atom. The lowest BCUT2D eigenvalue weighted by molar-refractivity contribution is 0.102. The Labute approximate surface area is 152 Å². The van der Waals surface area contributed by atoms with Gasteiger partial charge >= 0.3 is 0 Å². The molecule has 1 aromatic carbocycles. The van der Waals surface area contributed by atoms with Crippen molar-refractivity contribution in [3.8, 4) is 0 Å². The van der Waals surface area contributed by atoms with Gasteiger partial charge in [0.2, 0.25) is 5.95 Å². The summed E-state index contributed by atoms with van der Waals surface area (Å²) in [7, 11) is 0. The van der Waals surface area contributed by atoms with Crippen LogP contribution < -0.4 is 4.90 Å². The molecule has 1 aliphatic rings. The van der Waals surface area contributed by atoms with Crippen molar-refractivity contribution < 1.29 is 9.53 Å². The van der Waals surface area contributed by atoms with E-state index in [2.05, 4.69) is 33.5 Å². The minimum absolute atomic E-state index is 0.117. The van der Waals surface area contributed by atoms with Gasteiger partial charge in [0.25, 0.3) is 0 Å². The SMILES string of the molecule is CCc1ccc(C(=O)CSc2nnc(N3CCOCC3)n2CC)cc1. The zero-order valence-corrected chi connectivity index (χ0v) is 15.6. The van der Waals surface area contributed by atoms with Crippen molar-refractivity contribution in [2.24, 2.45) is 0 Å². The van der Waals surface area contributed by atoms with Crippen molar-refractivity contribution in [3.63, 3.8) is 0 Å². The summed E-state index contributed by atoms with van der Waals surface area (Å²) in [6.07, 6.45) is 0.979. The summed E-state index contributed by atoms with van der Waals surface area (Å²) in [6, 6.07) is 7.85. The summed E-state index contributed by atoms with van der Waals surface area (Å²) in [5.74, 6) is 1.35. The number of aromatic nitrogens is 3. The molecule has 0 N–H and O–H groups in total. The molecule has 6 nitrogen and oxygen atoms in total. The lowest BCUT2D eigenvalue weighted by atomic mass is 10.1. The number of Topliss-reactive ketones (excluding diaryl/α,β-unsaturated/α-hetero) is 1. The molecule has 0 amide bonds. The molecule has 1 aromatic heterocycles. The highest BCUT2D eigenvalue weighted by atomic mass is 32.2. The third-order valence-corrected chi connectivity index (χ3v) is 5.29. The minimum Gasteiger partial charge on any atom is -0.378 e. The third-order valence-electron chi connectivity index (χ3n) is 4.32. The minimum atomic E-state index is 0.117. The van der Waals surface area contributed by atoms with Gasteiger partial charge in [-0.25, -0.2) is 0 Å². The van der Waals surface area contributed by atoms with Gasteiger partial charge in [0.15, 0.2) is 10.9 Å². The van der Waals surface area contributed by atoms with Crippen LogP contribution >= 0.6 is 11.8 Å². The quantitative estimate of drug-likeness (QED) is 0.559. The molecule has 1 aliphatic heterocycles. The molecular formula is C18H24N4O2S. The number of morpholine rings is 1. The number of hydrogen-bond acceptors (Lipinski definition) is 6. The van der Waals surface area contributed by atoms with Gasteiger partial charge in [-0.05, 0) is 18.9 Å². The average Bonchev–Trinajstić information content (AvgIpc) is 3.09. The first-order valence-electron chi connectivity index (χ1n) is 8.73. The molecule has 0 atom stereocenters. The van der Waals surface area contributed by atoms with E-state index in [0.717, 1.165) is 42.7 Å². The van der Waals surface area contributed by atoms with E-state index >= 15 is 0 Å². The first-order chi connectivity index (χ1) is 12.2. The molecule has 7 heteroatoms. The number of carbonyl (C=O) groups is 1. The second-order valence-corrected chi connectivity index (χ2v) is 6.83. The molecule has 0 bridgehead atoms. The second-order valence-electron chi connectivity index (χ2n) is 5.89. The van der Waals surface area contributed by atoms with Crippen molar-refractivity contribution in [3.05, 3.63) is 35.4 Å². The number of ether oxygens (including phenoxy) is 1. The molecule has 0 aliphatic carbocycles. The third kappa shape index (κ3) is 4.22. The van der Waals surface area contributed by atoms with Gasteiger partial charge < -0.3 is 9.64 Å². The van der Waals surface area contributed by atoms with Gasteiger partial charge in [0.1, 0.15) is 0 Å². The Morgan fingerprint density at radius 1 is 1.16 bits per heavy atom. The predicted octanol–water partition coefficient (Wildman–Crippen LogP) is 2.67. The number of aryl methyl sites for hydroxylation is 1. The number of benzene rings is 1. The highest BCUT2D eigenvalue weighted by molar-refractivity contribution is 7.99. The van der Waals surface area contributed by atoms with Crippen LogP contribution in [0, 0.1) is 0 Å². The largest absolute Gasteiger partial charge is 0.378 e. The Morgan fingerprint density at radius 2 is 1.88 bits per heavy atom. The summed E-state index contributed by atoms with van der Waals surface area (Å²) in [5.41, 5.74) is 1.99. The summed E-state index contributed by atoms with van der Waals surface area (Å²) in [4.78, 5) is 14.6. The fourth-order valence-corrected chi connectivity index (χ4v) is 3.69. The number of hydrogen-bond donors (Lipinski definition) is 0. The van der Waals surface area contributed by atoms with Gasteiger partial charge in [-0.2, -0.15) is 0 Å². The van der Waals surface area contributed by atoms with Crippen molar-refractivity contribution in [2.75, 3.05) is 37.0 Å². The molecule has 0 saturated carbocycles. The van der Waals surface area contributed by atoms with E-state index in [1.165, 1.54) is 17.3 Å². The smallest absolute Gasteiger partial charge is 0.228 e. The van der Waals surface area contributed by atoms with Crippen LogP contribution in [0.5, 0.6) is 0 Å². The van der Waals surface area contributed by atoms with E-state index in [1.54, 1.807) is 0 Å². The molecule has 2 heterocycles. The number of carbonyl (C=O) groups excluding carboxylic acids is 1. The number of ketones is 1. The van der Waals surface area contributed by atoms with Crippen LogP contribution in [0.2, 0.25) is 0 Å². The van der Waals surface area contributed by atoms with Gasteiger partial charge in [0, 0.05) is 25.2 Å². The molecule has 0 unspecified atom stereocenters. The van der Waals surface area contributed by atoms with Gasteiger partial charge in [-0.3, -0.25) is 9.36 Å². The summed E-state index contributed by atoms with van der Waals surface area (Å²) in [5, 5.41) is 9.43. The predicted molar refractivity (Wildman–Crippen MR) is 99.6 cm³/mol. The molecule has 1 fully saturated rings. The fourth-order valence-electron chi connectivity index (χ4n) is 2.80. The molecule has 134 valence electrons. The van der Waals surface area contributed by atoms with Crippen molar-refractivity contribution in [2.45, 2.75) is 32.0 Å². The maximum Gasteiger partial charge on any atom is 0.228 e. The van der Waals surface area contributed by atoms with Crippen molar-refractivity contribution in [1.29, 1.82) is 0 Å². The zero-order chi connectivity index (χ0) is 17.6. The van der Waals surface area contributed by atoms with E-state index in [1.807, 2.05) is 24.3 Å². The van der Waals surface area contributed by atoms with Crippen LogP contribution in [-0.4, -0.2) is 52.6 Å². The number of anilines is 1. The van der Waals surface area contributed by atoms with E-state index in [4.69, 9.17) is 4.74 Å². The number of rotatable bonds is 7. The topological polar surface area (TPSA) is 60.3 Å². The average molecular weight is 360 g/mol. The highest BCUT2D eigenvalue weighted by Crippen LogP contribution is 2.23. The van der Waals surface area contributed by atoms with Crippen LogP contribution in [0.15, 0.2) is 29.4 Å². The maximum absolute atomic E-state index is 12.4. The first kappa shape index (κ1) is 17.9. The Bertz CT molecular complexity index is 708. The number of thioether (sulfide) groups is 1. The fraction of sp³-hybridized carbons (Fsp3) is 0.500. The first-order valence-corrected chi connectivity index (χ1v) is 9.72. The van der Waals surface area contributed by atoms with E-state index in [9.17, 15) is 4.79 Å². The van der Waals surface area contributed by atoms with Crippen molar-refractivity contribution >= 4 is 23.5 Å². The molecule has 0 spiro atoms. The van der Waals surface area contributed by atoms with E-state index in [-0.39, 0.29) is 5.78 Å². The van der Waals surface area contributed by atoms with E-state index < -0.39 is 0 Å². The second kappa shape index (κ2) is 8.49. The molecule has 25 heavy (non-hydrogen) atoms. The zero-order valence-electron chi connectivity index (χ0n) is 14.8. The van der Waals surface area contributed by atoms with Gasteiger partial charge in [-0.1, -0.05) is 43.0 Å². The lowest BCUT2D eigenvalue weighted by Gasteiger charge is -2.27. The molecular weight excluding hydrogens is 336 g/mol. The summed E-state index contributed by atoms with van der Waals surface area (Å²) < 4.78 is 7.47. The van der Waals surface area contributed by atoms with Crippen LogP contribution in [0.1, 0.15) is 29.8 Å². The van der Waals surface area contributed by atoms with Crippen LogP contribution in [0.4, 0.5) is 5.95 Å². The molecule has 0 radical (unpaired) electrons. The van der Waals surface area contributed by atoms with Crippen LogP contribution in [-0.2, 0) is 17.7 Å². The lowest BCUT2D eigenvalue weighted by Crippen LogP contribution is -2.38. The van der Waals surface area contributed by atoms with Crippen LogP contribution in [0.3, 0.4) is 0 Å². The molecule has 2 aromatic rings. The number of nitrogens with zero attached hydrogens (tertiary/aromatic N) is 4. The monoisotopic (exact) mass is 360 g/mol. The molecule has 3 rings (SSSR count). The maximum atomic E-state index is 12.4. The highest BCUT2D eigenvalue weighted by Gasteiger charge is 2.20. The Hall–Kier alpha value is -1.86. The standard InChI is InChI=1S/C18H24N4O2S/c1-3-14-5-7-15(8-6-14)16(23)13-25-18-20-19-17(22(18)4-2)21-9-11-24-12-10-21/h5-8H,3-4,9-13H2,1-2H3. The Kier molecular flexibility index (Phi) is 6.09. The van der Waals surface area contributed by atoms with Crippen molar-refractivity contribution in [1.82, 2.24) is 14.8 Å². The summed E-state index contributed by atoms with van der Waals surface area (Å²) in [6.45, 7) is 8.04. The van der Waals surface area contributed by atoms with Gasteiger partial charge in [-0.15, -0.1) is 10.2 Å². The van der Waals surface area contributed by atoms with E-state index in [0.29, 0.717) is 19.0 Å². The summed E-state index contributed by atoms with van der Waals surface area (Å²) >= 11 is 1.45. The molecule has 1 saturated heterocycles. The normalized spacial score (nSPS) is 14.7. The van der Waals surface area contributed by atoms with Gasteiger partial charge in [0.05, 0.1) is 19.0 Å².